The summed E-state index contributed by atoms with van der Waals surface area (Å²) in [5.74, 6) is 2.02. The van der Waals surface area contributed by atoms with E-state index in [9.17, 15) is 13.2 Å². The molecule has 6 rings (SSSR count). The summed E-state index contributed by atoms with van der Waals surface area (Å²) in [4.78, 5) is 39.8. The second-order valence-corrected chi connectivity index (χ2v) is 17.1. The number of piperazine rings is 2. The normalized spacial score (nSPS) is 18.0. The van der Waals surface area contributed by atoms with Gasteiger partial charge in [-0.15, -0.1) is 0 Å². The van der Waals surface area contributed by atoms with E-state index in [1.165, 1.54) is 6.33 Å². The van der Waals surface area contributed by atoms with E-state index < -0.39 is 14.6 Å². The number of benzene rings is 1. The van der Waals surface area contributed by atoms with E-state index in [2.05, 4.69) is 64.1 Å². The molecule has 1 aromatic carbocycles. The molecule has 0 radical (unpaired) electrons. The summed E-state index contributed by atoms with van der Waals surface area (Å²) >= 11 is 0. The van der Waals surface area contributed by atoms with Crippen molar-refractivity contribution in [2.75, 3.05) is 76.2 Å². The molecular weight excluding hydrogens is 671 g/mol. The van der Waals surface area contributed by atoms with Gasteiger partial charge in [0.1, 0.15) is 34.3 Å². The number of aromatic amines is 1. The first-order valence-electron chi connectivity index (χ1n) is 17.5. The van der Waals surface area contributed by atoms with E-state index in [-0.39, 0.29) is 16.6 Å². The van der Waals surface area contributed by atoms with Crippen molar-refractivity contribution in [3.05, 3.63) is 47.8 Å². The monoisotopic (exact) mass is 719 g/mol. The molecule has 5 heterocycles. The lowest BCUT2D eigenvalue weighted by atomic mass is 10.2. The molecule has 1 atom stereocenters. The van der Waals surface area contributed by atoms with Crippen LogP contribution in [0.2, 0.25) is 0 Å². The molecule has 2 N–H and O–H groups in total. The van der Waals surface area contributed by atoms with Gasteiger partial charge in [-0.25, -0.2) is 28.4 Å². The van der Waals surface area contributed by atoms with E-state index in [0.29, 0.717) is 60.4 Å². The molecule has 4 aromatic rings. The van der Waals surface area contributed by atoms with Gasteiger partial charge >= 0.3 is 0 Å². The summed E-state index contributed by atoms with van der Waals surface area (Å²) in [7, 11) is -1.66. The van der Waals surface area contributed by atoms with Crippen molar-refractivity contribution in [3.8, 4) is 5.75 Å². The van der Waals surface area contributed by atoms with Gasteiger partial charge in [0.25, 0.3) is 5.91 Å². The Balaban J connectivity index is 1.06. The summed E-state index contributed by atoms with van der Waals surface area (Å²) in [5.41, 5.74) is 2.77. The van der Waals surface area contributed by atoms with Crippen LogP contribution in [0.1, 0.15) is 55.9 Å². The standard InChI is InChI=1S/C35H49N11O4S/c1-23-21-46(13-10-43(23)7)31-20-36-28(19-37-31)34(47)45-14-11-44(12-15-45)9-8-16-50-29-18-27-26(17-30(29)51(48,49)35(4,5)6)33(39-22-38-27)40-32-24(2)25(3)41-42-32/h17-20,22-23H,8-16,21H2,1-7H3,(H2,38,39,40,41,42)/t23-/m1/s1. The summed E-state index contributed by atoms with van der Waals surface area (Å²) in [6, 6.07) is 3.71. The van der Waals surface area contributed by atoms with Gasteiger partial charge in [-0.1, -0.05) is 0 Å². The SMILES string of the molecule is Cc1[nH]nc(Nc2ncnc3cc(OCCCN4CCN(C(=O)c5cnc(N6CCN(C)[C@H](C)C6)cn5)CC4)c(S(=O)(=O)C(C)(C)C)cc23)c1C. The highest BCUT2D eigenvalue weighted by Gasteiger charge is 2.34. The maximum atomic E-state index is 13.8. The number of nitrogens with one attached hydrogen (secondary N) is 2. The van der Waals surface area contributed by atoms with Gasteiger partial charge in [-0.2, -0.15) is 5.10 Å². The molecule has 15 nitrogen and oxygen atoms in total. The van der Waals surface area contributed by atoms with Crippen molar-refractivity contribution in [3.63, 3.8) is 0 Å². The quantitative estimate of drug-likeness (QED) is 0.229. The Bertz CT molecular complexity index is 1970. The number of H-pyrrole nitrogens is 1. The molecule has 274 valence electrons. The van der Waals surface area contributed by atoms with Crippen LogP contribution in [-0.2, 0) is 9.84 Å². The van der Waals surface area contributed by atoms with E-state index in [1.807, 2.05) is 18.7 Å². The maximum absolute atomic E-state index is 13.8. The summed E-state index contributed by atoms with van der Waals surface area (Å²) in [6.07, 6.45) is 5.41. The zero-order valence-corrected chi connectivity index (χ0v) is 31.4. The topological polar surface area (TPSA) is 166 Å². The molecule has 1 amide bonds. The number of likely N-dealkylation sites (N-methyl/N-ethyl adjacent to an activating group) is 1. The van der Waals surface area contributed by atoms with Gasteiger partial charge in [0.15, 0.2) is 15.7 Å². The minimum Gasteiger partial charge on any atom is -0.492 e. The molecule has 0 unspecified atom stereocenters. The highest BCUT2D eigenvalue weighted by atomic mass is 32.2. The van der Waals surface area contributed by atoms with Crippen molar-refractivity contribution in [2.45, 2.75) is 63.6 Å². The molecular formula is C35H49N11O4S. The van der Waals surface area contributed by atoms with Gasteiger partial charge in [-0.3, -0.25) is 14.8 Å². The lowest BCUT2D eigenvalue weighted by Gasteiger charge is -2.38. The molecule has 2 aliphatic heterocycles. The molecule has 16 heteroatoms. The van der Waals surface area contributed by atoms with Crippen LogP contribution >= 0.6 is 0 Å². The van der Waals surface area contributed by atoms with Gasteiger partial charge < -0.3 is 24.8 Å². The fraction of sp³-hybridized carbons (Fsp3) is 0.543. The highest BCUT2D eigenvalue weighted by Crippen LogP contribution is 2.37. The number of sulfone groups is 1. The molecule has 0 bridgehead atoms. The lowest BCUT2D eigenvalue weighted by molar-refractivity contribution is 0.0624. The summed E-state index contributed by atoms with van der Waals surface area (Å²) in [6.45, 7) is 17.5. The molecule has 51 heavy (non-hydrogen) atoms. The average molecular weight is 720 g/mol. The second kappa shape index (κ2) is 14.7. The van der Waals surface area contributed by atoms with Crippen LogP contribution in [0, 0.1) is 13.8 Å². The second-order valence-electron chi connectivity index (χ2n) is 14.5. The van der Waals surface area contributed by atoms with Crippen LogP contribution in [0.4, 0.5) is 17.5 Å². The van der Waals surface area contributed by atoms with Crippen LogP contribution in [0.3, 0.4) is 0 Å². The maximum Gasteiger partial charge on any atom is 0.274 e. The van der Waals surface area contributed by atoms with Gasteiger partial charge in [0.2, 0.25) is 0 Å². The number of fused-ring (bicyclic) bond motifs is 1. The Labute approximate surface area is 299 Å². The largest absolute Gasteiger partial charge is 0.492 e. The van der Waals surface area contributed by atoms with Crippen LogP contribution < -0.4 is 15.0 Å². The van der Waals surface area contributed by atoms with Crippen molar-refractivity contribution in [2.24, 2.45) is 0 Å². The molecule has 2 saturated heterocycles. The van der Waals surface area contributed by atoms with Crippen LogP contribution in [0.5, 0.6) is 5.75 Å². The van der Waals surface area contributed by atoms with Gasteiger partial charge in [0.05, 0.1) is 29.3 Å². The number of ether oxygens (including phenoxy) is 1. The highest BCUT2D eigenvalue weighted by molar-refractivity contribution is 7.92. The van der Waals surface area contributed by atoms with Crippen molar-refractivity contribution >= 4 is 44.1 Å². The Kier molecular flexibility index (Phi) is 10.5. The minimum absolute atomic E-state index is 0.0941. The third kappa shape index (κ3) is 7.77. The van der Waals surface area contributed by atoms with Gasteiger partial charge in [0, 0.05) is 81.1 Å². The first-order valence-corrected chi connectivity index (χ1v) is 18.9. The number of amides is 1. The third-order valence-electron chi connectivity index (χ3n) is 9.96. The fourth-order valence-electron chi connectivity index (χ4n) is 6.19. The third-order valence-corrected chi connectivity index (χ3v) is 12.5. The molecule has 0 spiro atoms. The number of anilines is 3. The number of hydrogen-bond acceptors (Lipinski definition) is 13. The van der Waals surface area contributed by atoms with Crippen molar-refractivity contribution in [1.82, 2.24) is 44.8 Å². The Morgan fingerprint density at radius 1 is 1.00 bits per heavy atom. The summed E-state index contributed by atoms with van der Waals surface area (Å²) in [5, 5.41) is 11.0. The summed E-state index contributed by atoms with van der Waals surface area (Å²) < 4.78 is 32.8. The number of aryl methyl sites for hydroxylation is 1. The van der Waals surface area contributed by atoms with E-state index in [0.717, 1.165) is 56.3 Å². The number of aromatic nitrogens is 6. The fourth-order valence-corrected chi connectivity index (χ4v) is 7.51. The predicted octanol–water partition coefficient (Wildman–Crippen LogP) is 3.44. The van der Waals surface area contributed by atoms with Gasteiger partial charge in [-0.05, 0) is 61.1 Å². The van der Waals surface area contributed by atoms with E-state index >= 15 is 0 Å². The Morgan fingerprint density at radius 2 is 1.76 bits per heavy atom. The number of carbonyl (C=O) groups excluding carboxylic acids is 1. The van der Waals surface area contributed by atoms with Crippen molar-refractivity contribution < 1.29 is 17.9 Å². The van der Waals surface area contributed by atoms with Crippen molar-refractivity contribution in [1.29, 1.82) is 0 Å². The number of rotatable bonds is 10. The number of carbonyl (C=O) groups is 1. The predicted molar refractivity (Wildman–Crippen MR) is 197 cm³/mol. The molecule has 2 fully saturated rings. The lowest BCUT2D eigenvalue weighted by Crippen LogP contribution is -2.50. The minimum atomic E-state index is -3.79. The van der Waals surface area contributed by atoms with Crippen LogP contribution in [0.25, 0.3) is 10.9 Å². The Morgan fingerprint density at radius 3 is 2.41 bits per heavy atom. The zero-order chi connectivity index (χ0) is 36.5. The first kappa shape index (κ1) is 36.4. The average Bonchev–Trinajstić information content (AvgIpc) is 3.42. The zero-order valence-electron chi connectivity index (χ0n) is 30.6. The van der Waals surface area contributed by atoms with E-state index in [4.69, 9.17) is 4.74 Å². The Hall–Kier alpha value is -4.41. The number of nitrogens with zero attached hydrogens (tertiary/aromatic N) is 9. The molecule has 0 saturated carbocycles. The number of hydrogen-bond donors (Lipinski definition) is 2. The molecule has 3 aromatic heterocycles. The van der Waals surface area contributed by atoms with E-state index in [1.54, 1.807) is 45.3 Å². The van der Waals surface area contributed by atoms with Crippen LogP contribution in [-0.4, -0.2) is 136 Å². The molecule has 0 aliphatic carbocycles. The first-order chi connectivity index (χ1) is 24.2. The smallest absolute Gasteiger partial charge is 0.274 e. The molecule has 2 aliphatic rings. The van der Waals surface area contributed by atoms with Crippen LogP contribution in [0.15, 0.2) is 35.7 Å².